The van der Waals surface area contributed by atoms with Crippen LogP contribution < -0.4 is 5.32 Å². The Morgan fingerprint density at radius 3 is 2.67 bits per heavy atom. The molecule has 1 atom stereocenters. The monoisotopic (exact) mass is 281 g/mol. The fraction of sp³-hybridized carbons (Fsp3) is 0.308. The molecule has 0 aromatic carbocycles. The molecule has 0 aliphatic heterocycles. The molecule has 0 aliphatic carbocycles. The summed E-state index contributed by atoms with van der Waals surface area (Å²) in [7, 11) is 0. The number of hydrogen-bond acceptors (Lipinski definition) is 4. The van der Waals surface area contributed by atoms with E-state index >= 15 is 0 Å². The van der Waals surface area contributed by atoms with Crippen molar-refractivity contribution in [2.45, 2.75) is 18.9 Å². The van der Waals surface area contributed by atoms with Crippen LogP contribution in [0.4, 0.5) is 0 Å². The van der Waals surface area contributed by atoms with Gasteiger partial charge in [-0.3, -0.25) is 4.79 Å². The first-order chi connectivity index (χ1) is 8.58. The molecule has 2 N–H and O–H groups in total. The Balaban J connectivity index is 1.86. The molecule has 0 radical (unpaired) electrons. The zero-order chi connectivity index (χ0) is 13.0. The van der Waals surface area contributed by atoms with Crippen molar-refractivity contribution >= 4 is 28.6 Å². The highest BCUT2D eigenvalue weighted by Crippen LogP contribution is 2.24. The molecule has 2 aromatic heterocycles. The van der Waals surface area contributed by atoms with E-state index in [2.05, 4.69) is 5.32 Å². The molecule has 0 saturated heterocycles. The van der Waals surface area contributed by atoms with Crippen LogP contribution >= 0.6 is 22.7 Å². The summed E-state index contributed by atoms with van der Waals surface area (Å²) in [4.78, 5) is 13.6. The lowest BCUT2D eigenvalue weighted by molar-refractivity contribution is -0.121. The van der Waals surface area contributed by atoms with Crippen molar-refractivity contribution in [1.29, 1.82) is 0 Å². The van der Waals surface area contributed by atoms with Crippen molar-refractivity contribution < 1.29 is 9.90 Å². The van der Waals surface area contributed by atoms with Gasteiger partial charge in [0.25, 0.3) is 0 Å². The molecular weight excluding hydrogens is 266 g/mol. The highest BCUT2D eigenvalue weighted by Gasteiger charge is 2.24. The number of nitrogens with one attached hydrogen (secondary N) is 1. The number of amides is 1. The second-order valence-corrected chi connectivity index (χ2v) is 6.26. The van der Waals surface area contributed by atoms with Crippen LogP contribution in [0, 0.1) is 0 Å². The summed E-state index contributed by atoms with van der Waals surface area (Å²) in [5.41, 5.74) is -1.00. The summed E-state index contributed by atoms with van der Waals surface area (Å²) in [6.45, 7) is 1.95. The number of rotatable bonds is 5. The fourth-order valence-corrected chi connectivity index (χ4v) is 3.07. The molecule has 2 aromatic rings. The molecule has 18 heavy (non-hydrogen) atoms. The zero-order valence-electron chi connectivity index (χ0n) is 10.1. The van der Waals surface area contributed by atoms with Gasteiger partial charge in [-0.2, -0.15) is 0 Å². The lowest BCUT2D eigenvalue weighted by Gasteiger charge is -2.22. The van der Waals surface area contributed by atoms with Gasteiger partial charge >= 0.3 is 0 Å². The summed E-state index contributed by atoms with van der Waals surface area (Å²) in [6, 6.07) is 7.62. The van der Waals surface area contributed by atoms with Crippen LogP contribution in [0.25, 0.3) is 0 Å². The third-order valence-corrected chi connectivity index (χ3v) is 4.60. The van der Waals surface area contributed by atoms with E-state index in [1.165, 1.54) is 11.3 Å². The molecule has 1 amide bonds. The molecule has 2 heterocycles. The van der Waals surface area contributed by atoms with Gasteiger partial charge in [0.05, 0.1) is 13.0 Å². The molecule has 2 rings (SSSR count). The Morgan fingerprint density at radius 1 is 1.33 bits per heavy atom. The average Bonchev–Trinajstić information content (AvgIpc) is 2.99. The van der Waals surface area contributed by atoms with E-state index in [-0.39, 0.29) is 12.5 Å². The summed E-state index contributed by atoms with van der Waals surface area (Å²) in [6.07, 6.45) is 0.373. The predicted octanol–water partition coefficient (Wildman–Crippen LogP) is 2.38. The SMILES string of the molecule is C[C@](O)(CNC(=O)Cc1cccs1)c1cccs1. The quantitative estimate of drug-likeness (QED) is 0.884. The molecule has 0 fully saturated rings. The molecule has 96 valence electrons. The Hall–Kier alpha value is -1.17. The maximum atomic E-state index is 11.7. The Morgan fingerprint density at radius 2 is 2.06 bits per heavy atom. The number of carbonyl (C=O) groups excluding carboxylic acids is 1. The van der Waals surface area contributed by atoms with Crippen LogP contribution in [0.15, 0.2) is 35.0 Å². The predicted molar refractivity (Wildman–Crippen MR) is 74.9 cm³/mol. The van der Waals surface area contributed by atoms with Crippen molar-refractivity contribution in [2.24, 2.45) is 0 Å². The maximum Gasteiger partial charge on any atom is 0.225 e. The van der Waals surface area contributed by atoms with E-state index in [4.69, 9.17) is 0 Å². The van der Waals surface area contributed by atoms with Crippen molar-refractivity contribution in [3.8, 4) is 0 Å². The second kappa shape index (κ2) is 5.65. The van der Waals surface area contributed by atoms with Crippen molar-refractivity contribution in [3.05, 3.63) is 44.8 Å². The van der Waals surface area contributed by atoms with E-state index in [1.807, 2.05) is 35.0 Å². The minimum absolute atomic E-state index is 0.0609. The average molecular weight is 281 g/mol. The standard InChI is InChI=1S/C13H15NO2S2/c1-13(16,11-5-3-7-18-11)9-14-12(15)8-10-4-2-6-17-10/h2-7,16H,8-9H2,1H3,(H,14,15)/t13-/m0/s1. The number of carbonyl (C=O) groups is 1. The largest absolute Gasteiger partial charge is 0.383 e. The first-order valence-electron chi connectivity index (χ1n) is 5.63. The van der Waals surface area contributed by atoms with Gasteiger partial charge < -0.3 is 10.4 Å². The van der Waals surface area contributed by atoms with Crippen molar-refractivity contribution in [1.82, 2.24) is 5.32 Å². The maximum absolute atomic E-state index is 11.7. The van der Waals surface area contributed by atoms with Gasteiger partial charge in [0.1, 0.15) is 5.60 Å². The van der Waals surface area contributed by atoms with Crippen LogP contribution in [0.3, 0.4) is 0 Å². The normalized spacial score (nSPS) is 14.1. The van der Waals surface area contributed by atoms with Crippen molar-refractivity contribution in [2.75, 3.05) is 6.54 Å². The van der Waals surface area contributed by atoms with E-state index in [9.17, 15) is 9.90 Å². The molecule has 0 saturated carbocycles. The lowest BCUT2D eigenvalue weighted by Crippen LogP contribution is -2.38. The number of aliphatic hydroxyl groups is 1. The minimum atomic E-state index is -1.00. The zero-order valence-corrected chi connectivity index (χ0v) is 11.7. The van der Waals surface area contributed by atoms with Gasteiger partial charge in [-0.05, 0) is 29.8 Å². The van der Waals surface area contributed by atoms with E-state index in [0.29, 0.717) is 6.42 Å². The first-order valence-corrected chi connectivity index (χ1v) is 7.39. The summed E-state index contributed by atoms with van der Waals surface area (Å²) < 4.78 is 0. The molecular formula is C13H15NO2S2. The number of hydrogen-bond donors (Lipinski definition) is 2. The summed E-state index contributed by atoms with van der Waals surface area (Å²) >= 11 is 3.05. The fourth-order valence-electron chi connectivity index (χ4n) is 1.58. The van der Waals surface area contributed by atoms with Crippen LogP contribution in [0.2, 0.25) is 0 Å². The van der Waals surface area contributed by atoms with Crippen LogP contribution in [-0.4, -0.2) is 17.6 Å². The lowest BCUT2D eigenvalue weighted by atomic mass is 10.1. The Kier molecular flexibility index (Phi) is 4.16. The van der Waals surface area contributed by atoms with Gasteiger partial charge in [-0.15, -0.1) is 22.7 Å². The summed E-state index contributed by atoms with van der Waals surface area (Å²) in [5.74, 6) is -0.0609. The van der Waals surface area contributed by atoms with E-state index in [1.54, 1.807) is 18.3 Å². The van der Waals surface area contributed by atoms with Gasteiger partial charge in [-0.25, -0.2) is 0 Å². The van der Waals surface area contributed by atoms with Crippen molar-refractivity contribution in [3.63, 3.8) is 0 Å². The summed E-state index contributed by atoms with van der Waals surface area (Å²) in [5, 5.41) is 16.9. The molecule has 0 spiro atoms. The van der Waals surface area contributed by atoms with Crippen LogP contribution in [0.5, 0.6) is 0 Å². The third kappa shape index (κ3) is 3.41. The van der Waals surface area contributed by atoms with Gasteiger partial charge in [0, 0.05) is 9.75 Å². The highest BCUT2D eigenvalue weighted by atomic mass is 32.1. The highest BCUT2D eigenvalue weighted by molar-refractivity contribution is 7.10. The molecule has 5 heteroatoms. The Labute approximate surface area is 114 Å². The molecule has 0 bridgehead atoms. The minimum Gasteiger partial charge on any atom is -0.383 e. The first kappa shape index (κ1) is 13.3. The van der Waals surface area contributed by atoms with E-state index in [0.717, 1.165) is 9.75 Å². The Bertz CT molecular complexity index is 489. The van der Waals surface area contributed by atoms with Gasteiger partial charge in [0.2, 0.25) is 5.91 Å². The molecule has 0 aliphatic rings. The van der Waals surface area contributed by atoms with Gasteiger partial charge in [-0.1, -0.05) is 12.1 Å². The smallest absolute Gasteiger partial charge is 0.225 e. The van der Waals surface area contributed by atoms with Crippen LogP contribution in [0.1, 0.15) is 16.7 Å². The van der Waals surface area contributed by atoms with E-state index < -0.39 is 5.60 Å². The third-order valence-electron chi connectivity index (χ3n) is 2.60. The topological polar surface area (TPSA) is 49.3 Å². The molecule has 0 unspecified atom stereocenters. The number of thiophene rings is 2. The van der Waals surface area contributed by atoms with Crippen LogP contribution in [-0.2, 0) is 16.8 Å². The molecule has 3 nitrogen and oxygen atoms in total. The second-order valence-electron chi connectivity index (χ2n) is 4.28. The van der Waals surface area contributed by atoms with Gasteiger partial charge in [0.15, 0.2) is 0 Å².